The van der Waals surface area contributed by atoms with Crippen LogP contribution in [0.1, 0.15) is 15.9 Å². The zero-order chi connectivity index (χ0) is 13.1. The first-order valence-electron chi connectivity index (χ1n) is 5.14. The van der Waals surface area contributed by atoms with Crippen molar-refractivity contribution in [3.05, 3.63) is 35.1 Å². The average molecular weight is 250 g/mol. The van der Waals surface area contributed by atoms with Crippen molar-refractivity contribution in [3.8, 4) is 6.01 Å². The number of ether oxygens (including phenoxy) is 1. The molecule has 0 bridgehead atoms. The van der Waals surface area contributed by atoms with Crippen LogP contribution in [0.5, 0.6) is 6.01 Å². The SMILES string of the molecule is COc1n[nH]c(NC(=O)c2ccc(F)cc2C)n1. The molecule has 0 aliphatic rings. The van der Waals surface area contributed by atoms with Gasteiger partial charge in [0.15, 0.2) is 0 Å². The number of aromatic amines is 1. The fraction of sp³-hybridized carbons (Fsp3) is 0.182. The van der Waals surface area contributed by atoms with Crippen molar-refractivity contribution in [2.75, 3.05) is 12.4 Å². The van der Waals surface area contributed by atoms with Crippen LogP contribution in [0.15, 0.2) is 18.2 Å². The van der Waals surface area contributed by atoms with E-state index in [2.05, 4.69) is 20.5 Å². The van der Waals surface area contributed by atoms with Gasteiger partial charge < -0.3 is 4.74 Å². The number of halogens is 1. The lowest BCUT2D eigenvalue weighted by Gasteiger charge is -2.04. The Morgan fingerprint density at radius 2 is 2.28 bits per heavy atom. The number of methoxy groups -OCH3 is 1. The first-order chi connectivity index (χ1) is 8.60. The lowest BCUT2D eigenvalue weighted by molar-refractivity contribution is 0.102. The van der Waals surface area contributed by atoms with Gasteiger partial charge >= 0.3 is 6.01 Å². The molecule has 1 aromatic carbocycles. The van der Waals surface area contributed by atoms with Crippen LogP contribution in [0.2, 0.25) is 0 Å². The number of rotatable bonds is 3. The van der Waals surface area contributed by atoms with Gasteiger partial charge in [-0.1, -0.05) is 0 Å². The van der Waals surface area contributed by atoms with Crippen LogP contribution >= 0.6 is 0 Å². The van der Waals surface area contributed by atoms with Gasteiger partial charge in [-0.2, -0.15) is 4.98 Å². The molecule has 0 unspecified atom stereocenters. The van der Waals surface area contributed by atoms with Gasteiger partial charge in [-0.15, -0.1) is 5.10 Å². The number of hydrogen-bond donors (Lipinski definition) is 2. The van der Waals surface area contributed by atoms with Gasteiger partial charge in [-0.3, -0.25) is 10.1 Å². The third-order valence-electron chi connectivity index (χ3n) is 2.31. The Morgan fingerprint density at radius 1 is 1.50 bits per heavy atom. The molecule has 94 valence electrons. The van der Waals surface area contributed by atoms with Gasteiger partial charge in [0.05, 0.1) is 7.11 Å². The monoisotopic (exact) mass is 250 g/mol. The van der Waals surface area contributed by atoms with E-state index in [9.17, 15) is 9.18 Å². The minimum absolute atomic E-state index is 0.126. The standard InChI is InChI=1S/C11H11FN4O2/c1-6-5-7(12)3-4-8(6)9(17)13-10-14-11(18-2)16-15-10/h3-5H,1-2H3,(H2,13,14,15,16,17). The predicted molar refractivity (Wildman–Crippen MR) is 62.0 cm³/mol. The summed E-state index contributed by atoms with van der Waals surface area (Å²) in [7, 11) is 1.42. The highest BCUT2D eigenvalue weighted by Gasteiger charge is 2.12. The molecule has 0 aliphatic heterocycles. The molecule has 0 aliphatic carbocycles. The second-order valence-electron chi connectivity index (χ2n) is 3.58. The summed E-state index contributed by atoms with van der Waals surface area (Å²) < 4.78 is 17.7. The molecule has 2 N–H and O–H groups in total. The summed E-state index contributed by atoms with van der Waals surface area (Å²) in [5, 5.41) is 8.68. The Bertz CT molecular complexity index is 582. The second kappa shape index (κ2) is 4.82. The lowest BCUT2D eigenvalue weighted by atomic mass is 10.1. The summed E-state index contributed by atoms with van der Waals surface area (Å²) in [6, 6.07) is 4.05. The van der Waals surface area contributed by atoms with E-state index in [1.54, 1.807) is 6.92 Å². The van der Waals surface area contributed by atoms with Crippen molar-refractivity contribution in [2.45, 2.75) is 6.92 Å². The number of nitrogens with zero attached hydrogens (tertiary/aromatic N) is 2. The number of aromatic nitrogens is 3. The fourth-order valence-corrected chi connectivity index (χ4v) is 1.45. The van der Waals surface area contributed by atoms with E-state index < -0.39 is 5.91 Å². The third-order valence-corrected chi connectivity index (χ3v) is 2.31. The topological polar surface area (TPSA) is 79.9 Å². The van der Waals surface area contributed by atoms with Gasteiger partial charge in [-0.05, 0) is 30.7 Å². The Balaban J connectivity index is 2.16. The molecule has 0 radical (unpaired) electrons. The molecule has 0 spiro atoms. The highest BCUT2D eigenvalue weighted by atomic mass is 19.1. The predicted octanol–water partition coefficient (Wildman–Crippen LogP) is 1.51. The molecule has 0 fully saturated rings. The molecule has 0 atom stereocenters. The van der Waals surface area contributed by atoms with Gasteiger partial charge in [0.25, 0.3) is 5.91 Å². The van der Waals surface area contributed by atoms with Crippen LogP contribution in [-0.2, 0) is 0 Å². The van der Waals surface area contributed by atoms with E-state index in [0.29, 0.717) is 11.1 Å². The van der Waals surface area contributed by atoms with Crippen molar-refractivity contribution < 1.29 is 13.9 Å². The maximum atomic E-state index is 12.9. The van der Waals surface area contributed by atoms with Crippen molar-refractivity contribution >= 4 is 11.9 Å². The summed E-state index contributed by atoms with van der Waals surface area (Å²) >= 11 is 0. The zero-order valence-electron chi connectivity index (χ0n) is 9.82. The molecule has 1 amide bonds. The van der Waals surface area contributed by atoms with Crippen LogP contribution in [0, 0.1) is 12.7 Å². The summed E-state index contributed by atoms with van der Waals surface area (Å²) in [6.45, 7) is 1.65. The molecule has 2 aromatic rings. The summed E-state index contributed by atoms with van der Waals surface area (Å²) in [5.41, 5.74) is 0.908. The number of amides is 1. The number of aryl methyl sites for hydroxylation is 1. The summed E-state index contributed by atoms with van der Waals surface area (Å²) in [5.74, 6) is -0.614. The molecule has 1 heterocycles. The highest BCUT2D eigenvalue weighted by Crippen LogP contribution is 2.12. The molecule has 7 heteroatoms. The van der Waals surface area contributed by atoms with E-state index in [4.69, 9.17) is 4.74 Å². The largest absolute Gasteiger partial charge is 0.466 e. The normalized spacial score (nSPS) is 10.2. The van der Waals surface area contributed by atoms with Gasteiger partial charge in [0.1, 0.15) is 5.82 Å². The minimum atomic E-state index is -0.397. The summed E-state index contributed by atoms with van der Waals surface area (Å²) in [4.78, 5) is 15.7. The highest BCUT2D eigenvalue weighted by molar-refractivity contribution is 6.04. The van der Waals surface area contributed by atoms with Gasteiger partial charge in [-0.25, -0.2) is 9.49 Å². The molecule has 2 rings (SSSR count). The number of carbonyl (C=O) groups is 1. The zero-order valence-corrected chi connectivity index (χ0v) is 9.82. The average Bonchev–Trinajstić information content (AvgIpc) is 2.76. The number of H-pyrrole nitrogens is 1. The van der Waals surface area contributed by atoms with E-state index in [1.165, 1.54) is 25.3 Å². The maximum absolute atomic E-state index is 12.9. The molecule has 0 saturated carbocycles. The first-order valence-corrected chi connectivity index (χ1v) is 5.14. The first kappa shape index (κ1) is 12.0. The molecule has 0 saturated heterocycles. The van der Waals surface area contributed by atoms with Crippen molar-refractivity contribution in [2.24, 2.45) is 0 Å². The van der Waals surface area contributed by atoms with Crippen LogP contribution in [-0.4, -0.2) is 28.2 Å². The van der Waals surface area contributed by atoms with Crippen LogP contribution < -0.4 is 10.1 Å². The lowest BCUT2D eigenvalue weighted by Crippen LogP contribution is -2.14. The second-order valence-corrected chi connectivity index (χ2v) is 3.58. The van der Waals surface area contributed by atoms with Crippen molar-refractivity contribution in [1.82, 2.24) is 15.2 Å². The van der Waals surface area contributed by atoms with Gasteiger partial charge in [0.2, 0.25) is 5.95 Å². The quantitative estimate of drug-likeness (QED) is 0.865. The third kappa shape index (κ3) is 2.45. The van der Waals surface area contributed by atoms with E-state index in [1.807, 2.05) is 0 Å². The fourth-order valence-electron chi connectivity index (χ4n) is 1.45. The summed E-state index contributed by atoms with van der Waals surface area (Å²) in [6.07, 6.45) is 0. The Labute approximate surface area is 102 Å². The molecule has 6 nitrogen and oxygen atoms in total. The van der Waals surface area contributed by atoms with Crippen molar-refractivity contribution in [1.29, 1.82) is 0 Å². The Morgan fingerprint density at radius 3 is 2.89 bits per heavy atom. The number of hydrogen-bond acceptors (Lipinski definition) is 4. The molecule has 18 heavy (non-hydrogen) atoms. The smallest absolute Gasteiger partial charge is 0.336 e. The van der Waals surface area contributed by atoms with E-state index in [0.717, 1.165) is 0 Å². The number of carbonyl (C=O) groups excluding carboxylic acids is 1. The van der Waals surface area contributed by atoms with Gasteiger partial charge in [0, 0.05) is 5.56 Å². The number of anilines is 1. The van der Waals surface area contributed by atoms with E-state index in [-0.39, 0.29) is 17.8 Å². The molecular formula is C11H11FN4O2. The van der Waals surface area contributed by atoms with E-state index >= 15 is 0 Å². The minimum Gasteiger partial charge on any atom is -0.466 e. The molecule has 1 aromatic heterocycles. The molecular weight excluding hydrogens is 239 g/mol. The Kier molecular flexibility index (Phi) is 3.22. The number of benzene rings is 1. The van der Waals surface area contributed by atoms with Crippen molar-refractivity contribution in [3.63, 3.8) is 0 Å². The van der Waals surface area contributed by atoms with Crippen LogP contribution in [0.25, 0.3) is 0 Å². The Hall–Kier alpha value is -2.44. The van der Waals surface area contributed by atoms with Crippen LogP contribution in [0.3, 0.4) is 0 Å². The van der Waals surface area contributed by atoms with Crippen LogP contribution in [0.4, 0.5) is 10.3 Å². The number of nitrogens with one attached hydrogen (secondary N) is 2. The maximum Gasteiger partial charge on any atom is 0.336 e.